The van der Waals surface area contributed by atoms with Crippen molar-refractivity contribution in [2.75, 3.05) is 7.11 Å². The second-order valence-corrected chi connectivity index (χ2v) is 2.77. The van der Waals surface area contributed by atoms with Crippen molar-refractivity contribution in [2.45, 2.75) is 0 Å². The molecule has 0 spiro atoms. The Morgan fingerprint density at radius 2 is 2.08 bits per heavy atom. The maximum atomic E-state index is 13.1. The molecule has 1 aromatic carbocycles. The van der Waals surface area contributed by atoms with E-state index in [1.54, 1.807) is 0 Å². The summed E-state index contributed by atoms with van der Waals surface area (Å²) >= 11 is 4.58. The zero-order chi connectivity index (χ0) is 10.0. The van der Waals surface area contributed by atoms with Crippen molar-refractivity contribution in [3.05, 3.63) is 29.3 Å². The fourth-order valence-corrected chi connectivity index (χ4v) is 1.15. The van der Waals surface area contributed by atoms with E-state index < -0.39 is 11.6 Å². The number of benzene rings is 1. The Morgan fingerprint density at radius 1 is 1.46 bits per heavy atom. The minimum absolute atomic E-state index is 0.00463. The zero-order valence-electron chi connectivity index (χ0n) is 6.80. The molecule has 0 atom stereocenters. The van der Waals surface area contributed by atoms with Crippen molar-refractivity contribution in [3.8, 4) is 5.75 Å². The van der Waals surface area contributed by atoms with Crippen molar-refractivity contribution in [3.63, 3.8) is 0 Å². The predicted octanol–water partition coefficient (Wildman–Crippen LogP) is 1.61. The first kappa shape index (κ1) is 9.85. The van der Waals surface area contributed by atoms with Crippen LogP contribution in [0.15, 0.2) is 12.1 Å². The van der Waals surface area contributed by atoms with Crippen molar-refractivity contribution in [1.29, 1.82) is 0 Å². The van der Waals surface area contributed by atoms with Crippen LogP contribution < -0.4 is 10.5 Å². The maximum Gasteiger partial charge on any atom is 0.140 e. The summed E-state index contributed by atoms with van der Waals surface area (Å²) in [5, 5.41) is 0. The predicted molar refractivity (Wildman–Crippen MR) is 48.8 cm³/mol. The van der Waals surface area contributed by atoms with Crippen LogP contribution in [-0.4, -0.2) is 12.1 Å². The van der Waals surface area contributed by atoms with Gasteiger partial charge in [-0.2, -0.15) is 0 Å². The minimum Gasteiger partial charge on any atom is -0.496 e. The Labute approximate surface area is 79.3 Å². The average molecular weight is 203 g/mol. The smallest absolute Gasteiger partial charge is 0.140 e. The first-order valence-corrected chi connectivity index (χ1v) is 3.80. The Kier molecular flexibility index (Phi) is 2.77. The van der Waals surface area contributed by atoms with Crippen LogP contribution in [0, 0.1) is 11.6 Å². The highest BCUT2D eigenvalue weighted by Gasteiger charge is 2.13. The molecular weight excluding hydrogens is 196 g/mol. The van der Waals surface area contributed by atoms with Crippen molar-refractivity contribution < 1.29 is 13.5 Å². The third kappa shape index (κ3) is 1.92. The van der Waals surface area contributed by atoms with Gasteiger partial charge < -0.3 is 10.5 Å². The average Bonchev–Trinajstić information content (AvgIpc) is 2.01. The van der Waals surface area contributed by atoms with E-state index in [0.717, 1.165) is 6.07 Å². The SMILES string of the molecule is COc1cc(F)cc(F)c1C(N)=S. The van der Waals surface area contributed by atoms with Gasteiger partial charge in [0.25, 0.3) is 0 Å². The van der Waals surface area contributed by atoms with Crippen LogP contribution in [0.2, 0.25) is 0 Å². The van der Waals surface area contributed by atoms with E-state index in [2.05, 4.69) is 12.2 Å². The van der Waals surface area contributed by atoms with Crippen LogP contribution >= 0.6 is 12.2 Å². The van der Waals surface area contributed by atoms with Crippen molar-refractivity contribution in [1.82, 2.24) is 0 Å². The Hall–Kier alpha value is -1.23. The van der Waals surface area contributed by atoms with Gasteiger partial charge in [0.2, 0.25) is 0 Å². The lowest BCUT2D eigenvalue weighted by atomic mass is 10.2. The summed E-state index contributed by atoms with van der Waals surface area (Å²) in [4.78, 5) is -0.158. The monoisotopic (exact) mass is 203 g/mol. The van der Waals surface area contributed by atoms with Gasteiger partial charge in [-0.05, 0) is 0 Å². The maximum absolute atomic E-state index is 13.1. The molecule has 0 aliphatic carbocycles. The number of thiocarbonyl (C=S) groups is 1. The molecule has 0 fully saturated rings. The fourth-order valence-electron chi connectivity index (χ4n) is 0.950. The number of ether oxygens (including phenoxy) is 1. The zero-order valence-corrected chi connectivity index (χ0v) is 7.62. The standard InChI is InChI=1S/C8H7F2NOS/c1-12-6-3-4(9)2-5(10)7(6)8(11)13/h2-3H,1H3,(H2,11,13). The van der Waals surface area contributed by atoms with Gasteiger partial charge in [0.1, 0.15) is 22.4 Å². The van der Waals surface area contributed by atoms with Gasteiger partial charge >= 0.3 is 0 Å². The van der Waals surface area contributed by atoms with E-state index in [9.17, 15) is 8.78 Å². The molecule has 1 rings (SSSR count). The molecule has 0 saturated carbocycles. The summed E-state index contributed by atoms with van der Waals surface area (Å²) in [7, 11) is 1.29. The number of hydrogen-bond donors (Lipinski definition) is 1. The molecular formula is C8H7F2NOS. The van der Waals surface area contributed by atoms with Gasteiger partial charge in [0.05, 0.1) is 12.7 Å². The van der Waals surface area contributed by atoms with Crippen LogP contribution in [0.25, 0.3) is 0 Å². The molecule has 2 nitrogen and oxygen atoms in total. The van der Waals surface area contributed by atoms with Crippen LogP contribution in [-0.2, 0) is 0 Å². The third-order valence-electron chi connectivity index (χ3n) is 1.49. The summed E-state index contributed by atoms with van der Waals surface area (Å²) in [6.45, 7) is 0. The van der Waals surface area contributed by atoms with Gasteiger partial charge in [-0.1, -0.05) is 12.2 Å². The van der Waals surface area contributed by atoms with E-state index in [4.69, 9.17) is 10.5 Å². The highest BCUT2D eigenvalue weighted by atomic mass is 32.1. The first-order chi connectivity index (χ1) is 6.06. The molecule has 0 bridgehead atoms. The van der Waals surface area contributed by atoms with E-state index in [1.807, 2.05) is 0 Å². The van der Waals surface area contributed by atoms with E-state index in [0.29, 0.717) is 6.07 Å². The molecule has 0 heterocycles. The van der Waals surface area contributed by atoms with Gasteiger partial charge in [-0.25, -0.2) is 8.78 Å². The fraction of sp³-hybridized carbons (Fsp3) is 0.125. The molecule has 1 aromatic rings. The van der Waals surface area contributed by atoms with Crippen LogP contribution in [0.3, 0.4) is 0 Å². The molecule has 0 radical (unpaired) electrons. The molecule has 0 saturated heterocycles. The molecule has 0 aliphatic rings. The van der Waals surface area contributed by atoms with E-state index >= 15 is 0 Å². The molecule has 0 aliphatic heterocycles. The minimum atomic E-state index is -0.815. The van der Waals surface area contributed by atoms with Gasteiger partial charge in [-0.15, -0.1) is 0 Å². The van der Waals surface area contributed by atoms with Gasteiger partial charge in [0.15, 0.2) is 0 Å². The Balaban J connectivity index is 3.38. The molecule has 0 amide bonds. The van der Waals surface area contributed by atoms with Gasteiger partial charge in [0, 0.05) is 12.1 Å². The summed E-state index contributed by atoms with van der Waals surface area (Å²) in [5.41, 5.74) is 5.16. The second-order valence-electron chi connectivity index (χ2n) is 2.33. The second kappa shape index (κ2) is 3.66. The molecule has 2 N–H and O–H groups in total. The highest BCUT2D eigenvalue weighted by molar-refractivity contribution is 7.80. The largest absolute Gasteiger partial charge is 0.496 e. The van der Waals surface area contributed by atoms with E-state index in [1.165, 1.54) is 7.11 Å². The number of halogens is 2. The number of methoxy groups -OCH3 is 1. The lowest BCUT2D eigenvalue weighted by Gasteiger charge is -2.07. The van der Waals surface area contributed by atoms with E-state index in [-0.39, 0.29) is 16.3 Å². The molecule has 13 heavy (non-hydrogen) atoms. The third-order valence-corrected chi connectivity index (χ3v) is 1.69. The molecule has 5 heteroatoms. The highest BCUT2D eigenvalue weighted by Crippen LogP contribution is 2.22. The molecule has 0 unspecified atom stereocenters. The lowest BCUT2D eigenvalue weighted by molar-refractivity contribution is 0.405. The number of nitrogens with two attached hydrogens (primary N) is 1. The quantitative estimate of drug-likeness (QED) is 0.741. The van der Waals surface area contributed by atoms with Crippen LogP contribution in [0.4, 0.5) is 8.78 Å². The van der Waals surface area contributed by atoms with Crippen LogP contribution in [0.1, 0.15) is 5.56 Å². The first-order valence-electron chi connectivity index (χ1n) is 3.39. The Morgan fingerprint density at radius 3 is 2.54 bits per heavy atom. The number of rotatable bonds is 2. The van der Waals surface area contributed by atoms with Gasteiger partial charge in [-0.3, -0.25) is 0 Å². The summed E-state index contributed by atoms with van der Waals surface area (Å²) < 4.78 is 30.4. The summed E-state index contributed by atoms with van der Waals surface area (Å²) in [6.07, 6.45) is 0. The van der Waals surface area contributed by atoms with Crippen LogP contribution in [0.5, 0.6) is 5.75 Å². The normalized spacial score (nSPS) is 9.77. The topological polar surface area (TPSA) is 35.2 Å². The number of hydrogen-bond acceptors (Lipinski definition) is 2. The van der Waals surface area contributed by atoms with Crippen molar-refractivity contribution in [2.24, 2.45) is 5.73 Å². The molecule has 0 aromatic heterocycles. The molecule has 70 valence electrons. The summed E-state index contributed by atoms with van der Waals surface area (Å²) in [5.74, 6) is -1.54. The lowest BCUT2D eigenvalue weighted by Crippen LogP contribution is -2.13. The summed E-state index contributed by atoms with van der Waals surface area (Å²) in [6, 6.07) is 1.73. The Bertz CT molecular complexity index is 354. The van der Waals surface area contributed by atoms with Crippen molar-refractivity contribution >= 4 is 17.2 Å².